The Morgan fingerprint density at radius 3 is 2.16 bits per heavy atom. The number of carbonyl (C=O) groups is 2. The molecule has 1 fully saturated rings. The van der Waals surface area contributed by atoms with Crippen LogP contribution >= 0.6 is 0 Å². The van der Waals surface area contributed by atoms with Crippen LogP contribution in [0.1, 0.15) is 71.6 Å². The molecule has 112 valence electrons. The molecule has 0 aromatic rings. The molecule has 1 aliphatic carbocycles. The summed E-state index contributed by atoms with van der Waals surface area (Å²) in [4.78, 5) is 21.1. The van der Waals surface area contributed by atoms with E-state index < -0.39 is 5.97 Å². The molecule has 1 rings (SSSR count). The van der Waals surface area contributed by atoms with E-state index in [0.717, 1.165) is 44.9 Å². The molecule has 0 atom stereocenters. The molecule has 0 aliphatic heterocycles. The molecule has 0 heterocycles. The molecule has 0 bridgehead atoms. The standard InChI is InChI=1S/C8H16O2.C7H12O2/c1-3-5-6-7-8(9)10-4-2;8-7(9)6-4-2-1-3-5-6/h3-7H2,1-2H3;6H,1-5H2,(H,8,9). The van der Waals surface area contributed by atoms with Crippen molar-refractivity contribution in [3.05, 3.63) is 0 Å². The van der Waals surface area contributed by atoms with Crippen LogP contribution in [0.25, 0.3) is 0 Å². The number of hydrogen-bond donors (Lipinski definition) is 1. The summed E-state index contributed by atoms with van der Waals surface area (Å²) < 4.78 is 4.75. The topological polar surface area (TPSA) is 63.6 Å². The van der Waals surface area contributed by atoms with Gasteiger partial charge in [-0.1, -0.05) is 39.0 Å². The molecule has 0 radical (unpaired) electrons. The molecule has 0 aromatic heterocycles. The van der Waals surface area contributed by atoms with Crippen molar-refractivity contribution in [2.75, 3.05) is 6.61 Å². The van der Waals surface area contributed by atoms with Crippen LogP contribution in [0.5, 0.6) is 0 Å². The SMILES string of the molecule is CCCCCC(=O)OCC.O=C(O)C1CCCCC1. The van der Waals surface area contributed by atoms with E-state index in [1.54, 1.807) is 0 Å². The highest BCUT2D eigenvalue weighted by atomic mass is 16.5. The van der Waals surface area contributed by atoms with Gasteiger partial charge < -0.3 is 9.84 Å². The molecule has 0 unspecified atom stereocenters. The zero-order valence-corrected chi connectivity index (χ0v) is 12.3. The summed E-state index contributed by atoms with van der Waals surface area (Å²) >= 11 is 0. The second-order valence-corrected chi connectivity index (χ2v) is 4.94. The third-order valence-electron chi connectivity index (χ3n) is 3.24. The Labute approximate surface area is 116 Å². The number of carbonyl (C=O) groups excluding carboxylic acids is 1. The van der Waals surface area contributed by atoms with E-state index in [2.05, 4.69) is 6.92 Å². The third-order valence-corrected chi connectivity index (χ3v) is 3.24. The fourth-order valence-electron chi connectivity index (χ4n) is 2.10. The molecule has 19 heavy (non-hydrogen) atoms. The highest BCUT2D eigenvalue weighted by Gasteiger charge is 2.19. The summed E-state index contributed by atoms with van der Waals surface area (Å²) in [5.74, 6) is -0.690. The zero-order chi connectivity index (χ0) is 14.5. The van der Waals surface area contributed by atoms with Gasteiger partial charge in [0.15, 0.2) is 0 Å². The first-order chi connectivity index (χ1) is 9.11. The molecule has 1 N–H and O–H groups in total. The Bertz CT molecular complexity index is 245. The van der Waals surface area contributed by atoms with Crippen LogP contribution in [0.3, 0.4) is 0 Å². The van der Waals surface area contributed by atoms with Gasteiger partial charge in [-0.25, -0.2) is 0 Å². The second kappa shape index (κ2) is 12.0. The van der Waals surface area contributed by atoms with Crippen LogP contribution in [0.4, 0.5) is 0 Å². The molecular formula is C15H28O4. The van der Waals surface area contributed by atoms with Crippen molar-refractivity contribution >= 4 is 11.9 Å². The first-order valence-electron chi connectivity index (χ1n) is 7.50. The molecule has 0 aromatic carbocycles. The first kappa shape index (κ1) is 17.9. The molecule has 4 heteroatoms. The van der Waals surface area contributed by atoms with E-state index in [0.29, 0.717) is 13.0 Å². The number of aliphatic carboxylic acids is 1. The summed E-state index contributed by atoms with van der Waals surface area (Å²) in [6.45, 7) is 4.45. The van der Waals surface area contributed by atoms with Gasteiger partial charge in [0.05, 0.1) is 12.5 Å². The lowest BCUT2D eigenvalue weighted by molar-refractivity contribution is -0.144. The molecule has 0 saturated heterocycles. The number of carboxylic acid groups (broad SMARTS) is 1. The van der Waals surface area contributed by atoms with Crippen LogP contribution in [-0.2, 0) is 14.3 Å². The maximum Gasteiger partial charge on any atom is 0.306 e. The number of rotatable bonds is 6. The van der Waals surface area contributed by atoms with Crippen molar-refractivity contribution in [3.8, 4) is 0 Å². The Hall–Kier alpha value is -1.06. The van der Waals surface area contributed by atoms with Crippen LogP contribution < -0.4 is 0 Å². The summed E-state index contributed by atoms with van der Waals surface area (Å²) in [6, 6.07) is 0. The van der Waals surface area contributed by atoms with E-state index in [9.17, 15) is 9.59 Å². The van der Waals surface area contributed by atoms with E-state index in [-0.39, 0.29) is 11.9 Å². The molecule has 1 aliphatic rings. The third kappa shape index (κ3) is 10.5. The predicted molar refractivity (Wildman–Crippen MR) is 75.0 cm³/mol. The molecule has 0 amide bonds. The van der Waals surface area contributed by atoms with Crippen molar-refractivity contribution in [2.24, 2.45) is 5.92 Å². The first-order valence-corrected chi connectivity index (χ1v) is 7.50. The smallest absolute Gasteiger partial charge is 0.306 e. The number of esters is 1. The normalized spacial score (nSPS) is 15.3. The van der Waals surface area contributed by atoms with Crippen molar-refractivity contribution in [1.82, 2.24) is 0 Å². The van der Waals surface area contributed by atoms with Gasteiger partial charge in [0.2, 0.25) is 0 Å². The lowest BCUT2D eigenvalue weighted by Gasteiger charge is -2.16. The van der Waals surface area contributed by atoms with Crippen LogP contribution in [0.2, 0.25) is 0 Å². The average Bonchev–Trinajstić information content (AvgIpc) is 2.41. The molecule has 1 saturated carbocycles. The fraction of sp³-hybridized carbons (Fsp3) is 0.867. The number of unbranched alkanes of at least 4 members (excludes halogenated alkanes) is 2. The molecular weight excluding hydrogens is 244 g/mol. The fourth-order valence-corrected chi connectivity index (χ4v) is 2.10. The van der Waals surface area contributed by atoms with E-state index in [1.165, 1.54) is 6.42 Å². The summed E-state index contributed by atoms with van der Waals surface area (Å²) in [5.41, 5.74) is 0. The van der Waals surface area contributed by atoms with Gasteiger partial charge in [-0.2, -0.15) is 0 Å². The van der Waals surface area contributed by atoms with Crippen molar-refractivity contribution in [1.29, 1.82) is 0 Å². The zero-order valence-electron chi connectivity index (χ0n) is 12.3. The monoisotopic (exact) mass is 272 g/mol. The lowest BCUT2D eigenvalue weighted by atomic mass is 9.90. The minimum absolute atomic E-state index is 0.0289. The molecule has 0 spiro atoms. The van der Waals surface area contributed by atoms with Crippen LogP contribution in [0.15, 0.2) is 0 Å². The quantitative estimate of drug-likeness (QED) is 0.590. The van der Waals surface area contributed by atoms with Crippen molar-refractivity contribution in [2.45, 2.75) is 71.6 Å². The van der Waals surface area contributed by atoms with Gasteiger partial charge in [0, 0.05) is 6.42 Å². The van der Waals surface area contributed by atoms with Crippen molar-refractivity contribution < 1.29 is 19.4 Å². The van der Waals surface area contributed by atoms with Crippen molar-refractivity contribution in [3.63, 3.8) is 0 Å². The maximum absolute atomic E-state index is 10.7. The Balaban J connectivity index is 0.000000342. The number of hydrogen-bond acceptors (Lipinski definition) is 3. The highest BCUT2D eigenvalue weighted by Crippen LogP contribution is 2.23. The van der Waals surface area contributed by atoms with Gasteiger partial charge in [0.1, 0.15) is 0 Å². The average molecular weight is 272 g/mol. The Morgan fingerprint density at radius 1 is 1.11 bits per heavy atom. The van der Waals surface area contributed by atoms with E-state index in [1.807, 2.05) is 6.92 Å². The summed E-state index contributed by atoms with van der Waals surface area (Å²) in [6.07, 6.45) is 9.07. The second-order valence-electron chi connectivity index (χ2n) is 4.94. The summed E-state index contributed by atoms with van der Waals surface area (Å²) in [7, 11) is 0. The van der Waals surface area contributed by atoms with Crippen LogP contribution in [-0.4, -0.2) is 23.7 Å². The van der Waals surface area contributed by atoms with Gasteiger partial charge in [-0.05, 0) is 26.2 Å². The minimum Gasteiger partial charge on any atom is -0.481 e. The largest absolute Gasteiger partial charge is 0.481 e. The van der Waals surface area contributed by atoms with Gasteiger partial charge in [0.25, 0.3) is 0 Å². The van der Waals surface area contributed by atoms with E-state index >= 15 is 0 Å². The van der Waals surface area contributed by atoms with E-state index in [4.69, 9.17) is 9.84 Å². The Kier molecular flexibility index (Phi) is 11.3. The summed E-state index contributed by atoms with van der Waals surface area (Å²) in [5, 5.41) is 8.54. The number of ether oxygens (including phenoxy) is 1. The predicted octanol–water partition coefficient (Wildman–Crippen LogP) is 3.78. The Morgan fingerprint density at radius 2 is 1.74 bits per heavy atom. The number of carboxylic acids is 1. The minimum atomic E-state index is -0.602. The van der Waals surface area contributed by atoms with Gasteiger partial charge >= 0.3 is 11.9 Å². The van der Waals surface area contributed by atoms with Gasteiger partial charge in [-0.3, -0.25) is 9.59 Å². The van der Waals surface area contributed by atoms with Crippen LogP contribution in [0, 0.1) is 5.92 Å². The lowest BCUT2D eigenvalue weighted by Crippen LogP contribution is -2.16. The maximum atomic E-state index is 10.7. The van der Waals surface area contributed by atoms with Gasteiger partial charge in [-0.15, -0.1) is 0 Å². The molecule has 4 nitrogen and oxygen atoms in total. The highest BCUT2D eigenvalue weighted by molar-refractivity contribution is 5.70.